The van der Waals surface area contributed by atoms with Gasteiger partial charge in [-0.1, -0.05) is 0 Å². The van der Waals surface area contributed by atoms with Gasteiger partial charge in [-0.15, -0.1) is 0 Å². The third kappa shape index (κ3) is 3.94. The molecule has 1 aromatic carbocycles. The first-order valence-electron chi connectivity index (χ1n) is 9.97. The third-order valence-corrected chi connectivity index (χ3v) is 5.90. The van der Waals surface area contributed by atoms with E-state index in [-0.39, 0.29) is 18.5 Å². The van der Waals surface area contributed by atoms with Gasteiger partial charge in [0.1, 0.15) is 11.6 Å². The minimum absolute atomic E-state index is 0.0588. The average molecular weight is 435 g/mol. The van der Waals surface area contributed by atoms with Crippen molar-refractivity contribution in [3.05, 3.63) is 40.9 Å². The van der Waals surface area contributed by atoms with E-state index in [9.17, 15) is 18.0 Å². The van der Waals surface area contributed by atoms with Crippen molar-refractivity contribution in [3.8, 4) is 5.75 Å². The molecule has 10 heteroatoms. The second-order valence-electron chi connectivity index (χ2n) is 7.77. The Morgan fingerprint density at radius 3 is 2.42 bits per heavy atom. The summed E-state index contributed by atoms with van der Waals surface area (Å²) in [4.78, 5) is 18.4. The van der Waals surface area contributed by atoms with Crippen LogP contribution < -0.4 is 20.6 Å². The molecule has 166 valence electrons. The van der Waals surface area contributed by atoms with Gasteiger partial charge in [0.15, 0.2) is 0 Å². The van der Waals surface area contributed by atoms with Crippen molar-refractivity contribution in [2.75, 3.05) is 30.4 Å². The van der Waals surface area contributed by atoms with Crippen molar-refractivity contribution in [1.82, 2.24) is 14.1 Å². The molecule has 1 N–H and O–H groups in total. The number of aryl methyl sites for hydroxylation is 2. The molecule has 0 aliphatic carbocycles. The van der Waals surface area contributed by atoms with Gasteiger partial charge in [-0.2, -0.15) is 13.2 Å². The monoisotopic (exact) mass is 435 g/mol. The number of imidazole rings is 1. The van der Waals surface area contributed by atoms with Crippen LogP contribution in [-0.4, -0.2) is 40.5 Å². The molecular weight excluding hydrogens is 411 g/mol. The maximum absolute atomic E-state index is 12.9. The van der Waals surface area contributed by atoms with Crippen LogP contribution in [0.2, 0.25) is 0 Å². The number of halogens is 3. The number of rotatable bonds is 4. The van der Waals surface area contributed by atoms with Crippen molar-refractivity contribution >= 4 is 28.2 Å². The highest BCUT2D eigenvalue weighted by Crippen LogP contribution is 2.36. The molecule has 0 radical (unpaired) electrons. The van der Waals surface area contributed by atoms with Crippen LogP contribution in [0, 0.1) is 5.92 Å². The summed E-state index contributed by atoms with van der Waals surface area (Å²) >= 11 is 0. The molecule has 0 atom stereocenters. The number of benzene rings is 1. The Bertz CT molecular complexity index is 1160. The molecule has 3 aromatic rings. The van der Waals surface area contributed by atoms with Crippen LogP contribution in [0.3, 0.4) is 0 Å². The molecule has 0 spiro atoms. The lowest BCUT2D eigenvalue weighted by atomic mass is 9.96. The molecule has 4 rings (SSSR count). The SMILES string of the molecule is COc1cc(N2CCC(C(F)(F)F)CC2)ncc1Nc1ccc2c(c1)n(C)c(=O)n2C. The number of anilines is 3. The number of aromatic nitrogens is 3. The van der Waals surface area contributed by atoms with Crippen molar-refractivity contribution < 1.29 is 17.9 Å². The highest BCUT2D eigenvalue weighted by atomic mass is 19.4. The first-order valence-corrected chi connectivity index (χ1v) is 9.97. The fourth-order valence-corrected chi connectivity index (χ4v) is 4.04. The van der Waals surface area contributed by atoms with Crippen LogP contribution in [0.1, 0.15) is 12.8 Å². The molecular formula is C21H24F3N5O2. The number of nitrogens with zero attached hydrogens (tertiary/aromatic N) is 4. The van der Waals surface area contributed by atoms with Gasteiger partial charge in [0.25, 0.3) is 0 Å². The zero-order chi connectivity index (χ0) is 22.3. The molecule has 2 aromatic heterocycles. The van der Waals surface area contributed by atoms with E-state index >= 15 is 0 Å². The number of ether oxygens (including phenoxy) is 1. The zero-order valence-electron chi connectivity index (χ0n) is 17.5. The summed E-state index contributed by atoms with van der Waals surface area (Å²) in [6, 6.07) is 7.31. The standard InChI is InChI=1S/C21H24F3N5O2/c1-27-16-5-4-14(10-17(16)28(2)20(27)30)26-15-12-25-19(11-18(15)31-3)29-8-6-13(7-9-29)21(22,23)24/h4-5,10-13,26H,6-9H2,1-3H3. The molecule has 1 fully saturated rings. The molecule has 1 aliphatic rings. The van der Waals surface area contributed by atoms with Crippen LogP contribution in [-0.2, 0) is 14.1 Å². The van der Waals surface area contributed by atoms with Crippen molar-refractivity contribution in [3.63, 3.8) is 0 Å². The highest BCUT2D eigenvalue weighted by Gasteiger charge is 2.41. The van der Waals surface area contributed by atoms with Crippen LogP contribution >= 0.6 is 0 Å². The number of piperidine rings is 1. The molecule has 3 heterocycles. The quantitative estimate of drug-likeness (QED) is 0.675. The van der Waals surface area contributed by atoms with Gasteiger partial charge >= 0.3 is 11.9 Å². The van der Waals surface area contributed by atoms with Crippen LogP contribution in [0.25, 0.3) is 11.0 Å². The highest BCUT2D eigenvalue weighted by molar-refractivity contribution is 5.82. The molecule has 0 unspecified atom stereocenters. The summed E-state index contributed by atoms with van der Waals surface area (Å²) in [6.45, 7) is 0.595. The Balaban J connectivity index is 1.55. The number of pyridine rings is 1. The van der Waals surface area contributed by atoms with Gasteiger partial charge in [-0.3, -0.25) is 9.13 Å². The number of hydrogen-bond acceptors (Lipinski definition) is 5. The molecule has 1 aliphatic heterocycles. The van der Waals surface area contributed by atoms with Gasteiger partial charge in [-0.25, -0.2) is 9.78 Å². The predicted molar refractivity (Wildman–Crippen MR) is 113 cm³/mol. The lowest BCUT2D eigenvalue weighted by molar-refractivity contribution is -0.179. The molecule has 31 heavy (non-hydrogen) atoms. The van der Waals surface area contributed by atoms with Gasteiger partial charge < -0.3 is 15.0 Å². The Labute approximate surface area is 177 Å². The Morgan fingerprint density at radius 1 is 1.10 bits per heavy atom. The van der Waals surface area contributed by atoms with Crippen molar-refractivity contribution in [2.24, 2.45) is 20.0 Å². The van der Waals surface area contributed by atoms with Crippen LogP contribution in [0.5, 0.6) is 5.75 Å². The summed E-state index contributed by atoms with van der Waals surface area (Å²) < 4.78 is 47.4. The van der Waals surface area contributed by atoms with Gasteiger partial charge in [-0.05, 0) is 31.0 Å². The summed E-state index contributed by atoms with van der Waals surface area (Å²) in [5.74, 6) is -0.135. The number of methoxy groups -OCH3 is 1. The molecule has 1 saturated heterocycles. The molecule has 7 nitrogen and oxygen atoms in total. The predicted octanol–water partition coefficient (Wildman–Crippen LogP) is 3.80. The topological polar surface area (TPSA) is 64.3 Å². The van der Waals surface area contributed by atoms with Crippen molar-refractivity contribution in [1.29, 1.82) is 0 Å². The van der Waals surface area contributed by atoms with E-state index < -0.39 is 12.1 Å². The second kappa shape index (κ2) is 7.82. The van der Waals surface area contributed by atoms with Gasteiger partial charge in [0.05, 0.1) is 35.9 Å². The maximum atomic E-state index is 12.9. The number of nitrogens with one attached hydrogen (secondary N) is 1. The summed E-state index contributed by atoms with van der Waals surface area (Å²) in [5, 5.41) is 3.25. The molecule has 0 saturated carbocycles. The Hall–Kier alpha value is -3.17. The summed E-state index contributed by atoms with van der Waals surface area (Å²) in [6.07, 6.45) is -2.42. The summed E-state index contributed by atoms with van der Waals surface area (Å²) in [7, 11) is 4.97. The van der Waals surface area contributed by atoms with Crippen LogP contribution in [0.15, 0.2) is 35.3 Å². The van der Waals surface area contributed by atoms with Crippen molar-refractivity contribution in [2.45, 2.75) is 19.0 Å². The van der Waals surface area contributed by atoms with E-state index in [0.29, 0.717) is 30.3 Å². The normalized spacial score (nSPS) is 15.5. The smallest absolute Gasteiger partial charge is 0.391 e. The minimum Gasteiger partial charge on any atom is -0.494 e. The van der Waals surface area contributed by atoms with E-state index in [4.69, 9.17) is 4.74 Å². The molecule has 0 bridgehead atoms. The van der Waals surface area contributed by atoms with Gasteiger partial charge in [0, 0.05) is 38.9 Å². The third-order valence-electron chi connectivity index (χ3n) is 5.90. The first kappa shape index (κ1) is 21.1. The largest absolute Gasteiger partial charge is 0.494 e. The van der Waals surface area contributed by atoms with E-state index in [0.717, 1.165) is 16.7 Å². The summed E-state index contributed by atoms with van der Waals surface area (Å²) in [5.41, 5.74) is 2.88. The lowest BCUT2D eigenvalue weighted by Crippen LogP contribution is -2.39. The minimum atomic E-state index is -4.14. The first-order chi connectivity index (χ1) is 14.7. The fourth-order valence-electron chi connectivity index (χ4n) is 4.04. The number of alkyl halides is 3. The van der Waals surface area contributed by atoms with E-state index in [2.05, 4.69) is 10.3 Å². The molecule has 0 amide bonds. The number of hydrogen-bond donors (Lipinski definition) is 1. The van der Waals surface area contributed by atoms with E-state index in [1.807, 2.05) is 23.1 Å². The Morgan fingerprint density at radius 2 is 1.77 bits per heavy atom. The Kier molecular flexibility index (Phi) is 5.32. The maximum Gasteiger partial charge on any atom is 0.391 e. The van der Waals surface area contributed by atoms with E-state index in [1.165, 1.54) is 7.11 Å². The van der Waals surface area contributed by atoms with Crippen LogP contribution in [0.4, 0.5) is 30.4 Å². The zero-order valence-corrected chi connectivity index (χ0v) is 17.5. The fraction of sp³-hybridized carbons (Fsp3) is 0.429. The average Bonchev–Trinajstić information content (AvgIpc) is 2.97. The van der Waals surface area contributed by atoms with E-state index in [1.54, 1.807) is 35.5 Å². The second-order valence-corrected chi connectivity index (χ2v) is 7.77. The lowest BCUT2D eigenvalue weighted by Gasteiger charge is -2.33. The van der Waals surface area contributed by atoms with Gasteiger partial charge in [0.2, 0.25) is 0 Å². The number of fused-ring (bicyclic) bond motifs is 1.